The second-order valence-corrected chi connectivity index (χ2v) is 3.41. The molecule has 80 valence electrons. The molecular weight excluding hydrogens is 186 g/mol. The van der Waals surface area contributed by atoms with Crippen LogP contribution in [0.4, 0.5) is 0 Å². The molecule has 0 aromatic heterocycles. The molecule has 0 saturated heterocycles. The van der Waals surface area contributed by atoms with Gasteiger partial charge in [-0.1, -0.05) is 30.0 Å². The minimum Gasteiger partial charge on any atom is -0.383 e. The van der Waals surface area contributed by atoms with Gasteiger partial charge in [0.2, 0.25) is 0 Å². The Morgan fingerprint density at radius 1 is 1.33 bits per heavy atom. The van der Waals surface area contributed by atoms with E-state index < -0.39 is 0 Å². The summed E-state index contributed by atoms with van der Waals surface area (Å²) >= 11 is 0. The number of rotatable bonds is 4. The maximum absolute atomic E-state index is 5.01. The van der Waals surface area contributed by atoms with Crippen molar-refractivity contribution in [2.45, 2.75) is 13.0 Å². The van der Waals surface area contributed by atoms with E-state index >= 15 is 0 Å². The number of ether oxygens (including phenoxy) is 1. The summed E-state index contributed by atoms with van der Waals surface area (Å²) < 4.78 is 5.01. The maximum atomic E-state index is 5.01. The van der Waals surface area contributed by atoms with E-state index in [4.69, 9.17) is 4.74 Å². The van der Waals surface area contributed by atoms with Crippen LogP contribution in [-0.4, -0.2) is 26.3 Å². The normalized spacial score (nSPS) is 11.6. The van der Waals surface area contributed by atoms with Gasteiger partial charge in [-0.2, -0.15) is 0 Å². The van der Waals surface area contributed by atoms with Gasteiger partial charge in [0, 0.05) is 18.7 Å². The van der Waals surface area contributed by atoms with Gasteiger partial charge >= 0.3 is 0 Å². The Kier molecular flexibility index (Phi) is 5.54. The first-order valence-corrected chi connectivity index (χ1v) is 5.09. The van der Waals surface area contributed by atoms with Gasteiger partial charge in [0.25, 0.3) is 0 Å². The molecule has 1 aromatic carbocycles. The fourth-order valence-electron chi connectivity index (χ4n) is 1.20. The van der Waals surface area contributed by atoms with E-state index in [-0.39, 0.29) is 0 Å². The Bertz CT molecular complexity index is 323. The summed E-state index contributed by atoms with van der Waals surface area (Å²) in [4.78, 5) is 0. The van der Waals surface area contributed by atoms with E-state index in [2.05, 4.69) is 24.1 Å². The molecule has 0 bridgehead atoms. The maximum Gasteiger partial charge on any atom is 0.0613 e. The van der Waals surface area contributed by atoms with Crippen molar-refractivity contribution >= 4 is 0 Å². The fraction of sp³-hybridized carbons (Fsp3) is 0.385. The quantitative estimate of drug-likeness (QED) is 0.751. The first-order chi connectivity index (χ1) is 7.33. The van der Waals surface area contributed by atoms with Crippen LogP contribution in [0.5, 0.6) is 0 Å². The van der Waals surface area contributed by atoms with Crippen LogP contribution in [0.1, 0.15) is 12.5 Å². The first-order valence-electron chi connectivity index (χ1n) is 5.09. The van der Waals surface area contributed by atoms with Crippen LogP contribution in [0.3, 0.4) is 0 Å². The minimum atomic E-state index is 0.347. The van der Waals surface area contributed by atoms with Crippen LogP contribution in [0.25, 0.3) is 0 Å². The molecule has 1 aromatic rings. The highest BCUT2D eigenvalue weighted by atomic mass is 16.5. The fourth-order valence-corrected chi connectivity index (χ4v) is 1.20. The average molecular weight is 203 g/mol. The zero-order valence-corrected chi connectivity index (χ0v) is 9.29. The Hall–Kier alpha value is -1.30. The minimum absolute atomic E-state index is 0.347. The molecule has 0 aliphatic heterocycles. The molecule has 0 radical (unpaired) electrons. The molecule has 2 nitrogen and oxygen atoms in total. The van der Waals surface area contributed by atoms with Crippen LogP contribution in [0, 0.1) is 11.8 Å². The average Bonchev–Trinajstić information content (AvgIpc) is 2.26. The number of methoxy groups -OCH3 is 1. The van der Waals surface area contributed by atoms with Crippen molar-refractivity contribution in [1.29, 1.82) is 0 Å². The van der Waals surface area contributed by atoms with Crippen LogP contribution in [0.15, 0.2) is 30.3 Å². The standard InChI is InChI=1S/C13H17NO/c1-12(11-15-2)14-10-6-9-13-7-4-3-5-8-13/h3-5,7-8,12,14H,10-11H2,1-2H3. The van der Waals surface area contributed by atoms with Crippen LogP contribution < -0.4 is 5.32 Å². The Balaban J connectivity index is 2.28. The van der Waals surface area contributed by atoms with E-state index in [1.807, 2.05) is 30.3 Å². The lowest BCUT2D eigenvalue weighted by Crippen LogP contribution is -2.30. The Labute approximate surface area is 91.6 Å². The lowest BCUT2D eigenvalue weighted by atomic mass is 10.2. The lowest BCUT2D eigenvalue weighted by molar-refractivity contribution is 0.174. The number of benzene rings is 1. The molecule has 0 saturated carbocycles. The summed E-state index contributed by atoms with van der Waals surface area (Å²) in [6, 6.07) is 10.3. The summed E-state index contributed by atoms with van der Waals surface area (Å²) in [7, 11) is 1.70. The third-order valence-electron chi connectivity index (χ3n) is 1.96. The van der Waals surface area contributed by atoms with Crippen molar-refractivity contribution < 1.29 is 4.74 Å². The molecule has 1 rings (SSSR count). The van der Waals surface area contributed by atoms with Gasteiger partial charge in [0.1, 0.15) is 0 Å². The second kappa shape index (κ2) is 7.05. The third kappa shape index (κ3) is 5.21. The van der Waals surface area contributed by atoms with Gasteiger partial charge in [-0.3, -0.25) is 0 Å². The predicted molar refractivity (Wildman–Crippen MR) is 62.7 cm³/mol. The van der Waals surface area contributed by atoms with E-state index in [0.717, 1.165) is 5.56 Å². The molecule has 0 amide bonds. The van der Waals surface area contributed by atoms with Gasteiger partial charge in [-0.05, 0) is 19.1 Å². The van der Waals surface area contributed by atoms with Gasteiger partial charge in [-0.15, -0.1) is 0 Å². The molecule has 0 fully saturated rings. The summed E-state index contributed by atoms with van der Waals surface area (Å²) in [5.74, 6) is 6.16. The van der Waals surface area contributed by atoms with E-state index in [0.29, 0.717) is 19.2 Å². The highest BCUT2D eigenvalue weighted by molar-refractivity contribution is 5.33. The first kappa shape index (κ1) is 11.8. The molecule has 1 N–H and O–H groups in total. The number of hydrogen-bond donors (Lipinski definition) is 1. The Morgan fingerprint density at radius 3 is 2.73 bits per heavy atom. The molecule has 0 spiro atoms. The van der Waals surface area contributed by atoms with Gasteiger partial charge in [0.15, 0.2) is 0 Å². The van der Waals surface area contributed by atoms with Crippen molar-refractivity contribution in [1.82, 2.24) is 5.32 Å². The van der Waals surface area contributed by atoms with Crippen LogP contribution in [-0.2, 0) is 4.74 Å². The molecule has 0 aliphatic carbocycles. The van der Waals surface area contributed by atoms with Crippen molar-refractivity contribution in [3.8, 4) is 11.8 Å². The number of hydrogen-bond acceptors (Lipinski definition) is 2. The monoisotopic (exact) mass is 203 g/mol. The third-order valence-corrected chi connectivity index (χ3v) is 1.96. The Morgan fingerprint density at radius 2 is 2.07 bits per heavy atom. The van der Waals surface area contributed by atoms with E-state index in [9.17, 15) is 0 Å². The summed E-state index contributed by atoms with van der Waals surface area (Å²) in [5, 5.41) is 3.26. The van der Waals surface area contributed by atoms with E-state index in [1.54, 1.807) is 7.11 Å². The largest absolute Gasteiger partial charge is 0.383 e. The molecular formula is C13H17NO. The van der Waals surface area contributed by atoms with E-state index in [1.165, 1.54) is 0 Å². The molecule has 2 heteroatoms. The molecule has 1 atom stereocenters. The van der Waals surface area contributed by atoms with Crippen LogP contribution in [0.2, 0.25) is 0 Å². The highest BCUT2D eigenvalue weighted by Gasteiger charge is 1.96. The zero-order valence-electron chi connectivity index (χ0n) is 9.29. The highest BCUT2D eigenvalue weighted by Crippen LogP contribution is 1.94. The van der Waals surface area contributed by atoms with Gasteiger partial charge < -0.3 is 10.1 Å². The summed E-state index contributed by atoms with van der Waals surface area (Å²) in [6.45, 7) is 3.49. The van der Waals surface area contributed by atoms with Gasteiger partial charge in [-0.25, -0.2) is 0 Å². The predicted octanol–water partition coefficient (Wildman–Crippen LogP) is 1.66. The molecule has 0 aliphatic rings. The molecule has 1 unspecified atom stereocenters. The number of nitrogens with one attached hydrogen (secondary N) is 1. The zero-order chi connectivity index (χ0) is 10.9. The van der Waals surface area contributed by atoms with Crippen molar-refractivity contribution in [3.05, 3.63) is 35.9 Å². The topological polar surface area (TPSA) is 21.3 Å². The summed E-state index contributed by atoms with van der Waals surface area (Å²) in [6.07, 6.45) is 0. The van der Waals surface area contributed by atoms with Crippen LogP contribution >= 0.6 is 0 Å². The second-order valence-electron chi connectivity index (χ2n) is 3.41. The molecule has 15 heavy (non-hydrogen) atoms. The van der Waals surface area contributed by atoms with Crippen molar-refractivity contribution in [3.63, 3.8) is 0 Å². The van der Waals surface area contributed by atoms with Crippen molar-refractivity contribution in [2.75, 3.05) is 20.3 Å². The molecule has 0 heterocycles. The smallest absolute Gasteiger partial charge is 0.0613 e. The SMILES string of the molecule is COCC(C)NCC#Cc1ccccc1. The summed E-state index contributed by atoms with van der Waals surface area (Å²) in [5.41, 5.74) is 1.05. The van der Waals surface area contributed by atoms with Crippen molar-refractivity contribution in [2.24, 2.45) is 0 Å². The van der Waals surface area contributed by atoms with Gasteiger partial charge in [0.05, 0.1) is 13.2 Å². The lowest BCUT2D eigenvalue weighted by Gasteiger charge is -2.08.